The van der Waals surface area contributed by atoms with Crippen LogP contribution in [0.4, 0.5) is 0 Å². The van der Waals surface area contributed by atoms with Crippen LogP contribution < -0.4 is 14.2 Å². The number of aliphatic hydroxyl groups excluding tert-OH is 1. The highest BCUT2D eigenvalue weighted by atomic mass is 16.5. The second-order valence-corrected chi connectivity index (χ2v) is 5.75. The lowest BCUT2D eigenvalue weighted by molar-refractivity contribution is 0.112. The smallest absolute Gasteiger partial charge is 0.153 e. The van der Waals surface area contributed by atoms with Gasteiger partial charge < -0.3 is 19.3 Å². The number of carbonyl (C=O) groups excluding carboxylic acids is 1. The standard InChI is InChI=1S/C15H16O3.C8H8O2/c1-17-13-9-5-3-7-11(13)15(16)12-8-4-6-10-14(12)18-2;1-10-8-5-3-2-4-7(8)6-9/h3-10,15-16H,1-2H3;2-6H,1H3. The van der Waals surface area contributed by atoms with Crippen LogP contribution in [0.15, 0.2) is 72.8 Å². The van der Waals surface area contributed by atoms with Gasteiger partial charge in [-0.15, -0.1) is 0 Å². The average Bonchev–Trinajstić information content (AvgIpc) is 2.78. The van der Waals surface area contributed by atoms with Gasteiger partial charge in [-0.05, 0) is 24.3 Å². The van der Waals surface area contributed by atoms with Crippen LogP contribution in [0.3, 0.4) is 0 Å². The first kappa shape index (κ1) is 21.0. The summed E-state index contributed by atoms with van der Waals surface area (Å²) < 4.78 is 15.4. The van der Waals surface area contributed by atoms with Gasteiger partial charge in [0.2, 0.25) is 0 Å². The van der Waals surface area contributed by atoms with Crippen molar-refractivity contribution in [2.75, 3.05) is 21.3 Å². The second-order valence-electron chi connectivity index (χ2n) is 5.75. The first-order valence-corrected chi connectivity index (χ1v) is 8.68. The number of benzene rings is 3. The molecule has 0 fully saturated rings. The van der Waals surface area contributed by atoms with E-state index in [0.717, 1.165) is 17.4 Å². The van der Waals surface area contributed by atoms with E-state index in [1.54, 1.807) is 39.5 Å². The number of aliphatic hydroxyl groups is 1. The Morgan fingerprint density at radius 3 is 1.46 bits per heavy atom. The number of hydrogen-bond donors (Lipinski definition) is 1. The summed E-state index contributed by atoms with van der Waals surface area (Å²) >= 11 is 0. The highest BCUT2D eigenvalue weighted by molar-refractivity contribution is 5.79. The van der Waals surface area contributed by atoms with E-state index < -0.39 is 6.10 Å². The normalized spacial score (nSPS) is 9.89. The van der Waals surface area contributed by atoms with Crippen molar-refractivity contribution in [1.82, 2.24) is 0 Å². The van der Waals surface area contributed by atoms with Crippen LogP contribution in [-0.4, -0.2) is 32.7 Å². The average molecular weight is 380 g/mol. The lowest BCUT2D eigenvalue weighted by atomic mass is 10.00. The van der Waals surface area contributed by atoms with E-state index in [0.29, 0.717) is 22.8 Å². The van der Waals surface area contributed by atoms with Crippen molar-refractivity contribution in [1.29, 1.82) is 0 Å². The number of aldehydes is 1. The number of carbonyl (C=O) groups is 1. The Hall–Kier alpha value is -3.31. The minimum atomic E-state index is -0.766. The largest absolute Gasteiger partial charge is 0.496 e. The Kier molecular flexibility index (Phi) is 8.06. The Labute approximate surface area is 165 Å². The predicted octanol–water partition coefficient (Wildman–Crippen LogP) is 4.29. The number of rotatable bonds is 6. The summed E-state index contributed by atoms with van der Waals surface area (Å²) in [5.74, 6) is 1.95. The second kappa shape index (κ2) is 10.7. The Bertz CT molecular complexity index is 844. The van der Waals surface area contributed by atoms with Gasteiger partial charge in [-0.25, -0.2) is 0 Å². The molecule has 0 unspecified atom stereocenters. The molecule has 0 aromatic heterocycles. The molecule has 0 aliphatic rings. The number of ether oxygens (including phenoxy) is 3. The predicted molar refractivity (Wildman–Crippen MR) is 108 cm³/mol. The summed E-state index contributed by atoms with van der Waals surface area (Å²) in [4.78, 5) is 10.3. The van der Waals surface area contributed by atoms with E-state index in [2.05, 4.69) is 0 Å². The van der Waals surface area contributed by atoms with Crippen LogP contribution in [0, 0.1) is 0 Å². The van der Waals surface area contributed by atoms with Crippen molar-refractivity contribution in [2.24, 2.45) is 0 Å². The highest BCUT2D eigenvalue weighted by Gasteiger charge is 2.18. The van der Waals surface area contributed by atoms with Gasteiger partial charge in [0.05, 0.1) is 26.9 Å². The van der Waals surface area contributed by atoms with Crippen molar-refractivity contribution in [3.05, 3.63) is 89.5 Å². The molecule has 0 amide bonds. The van der Waals surface area contributed by atoms with E-state index in [1.165, 1.54) is 0 Å². The molecule has 28 heavy (non-hydrogen) atoms. The lowest BCUT2D eigenvalue weighted by Gasteiger charge is -2.17. The molecule has 0 saturated carbocycles. The molecular weight excluding hydrogens is 356 g/mol. The molecular formula is C23H24O5. The van der Waals surface area contributed by atoms with Gasteiger partial charge in [0, 0.05) is 11.1 Å². The minimum absolute atomic E-state index is 0.588. The highest BCUT2D eigenvalue weighted by Crippen LogP contribution is 2.34. The van der Waals surface area contributed by atoms with Crippen LogP contribution in [0.2, 0.25) is 0 Å². The van der Waals surface area contributed by atoms with Gasteiger partial charge in [0.15, 0.2) is 6.29 Å². The summed E-state index contributed by atoms with van der Waals surface area (Å²) in [6.45, 7) is 0. The maximum atomic E-state index is 10.5. The first-order valence-electron chi connectivity index (χ1n) is 8.68. The van der Waals surface area contributed by atoms with Gasteiger partial charge in [-0.2, -0.15) is 0 Å². The topological polar surface area (TPSA) is 65.0 Å². The summed E-state index contributed by atoms with van der Waals surface area (Å²) in [5.41, 5.74) is 2.04. The Morgan fingerprint density at radius 2 is 1.07 bits per heavy atom. The zero-order chi connectivity index (χ0) is 20.4. The number of methoxy groups -OCH3 is 3. The monoisotopic (exact) mass is 380 g/mol. The molecule has 0 heterocycles. The van der Waals surface area contributed by atoms with Gasteiger partial charge in [0.1, 0.15) is 23.4 Å². The zero-order valence-corrected chi connectivity index (χ0v) is 16.2. The van der Waals surface area contributed by atoms with Gasteiger partial charge in [-0.3, -0.25) is 4.79 Å². The molecule has 0 aliphatic carbocycles. The third kappa shape index (κ3) is 5.11. The van der Waals surface area contributed by atoms with E-state index >= 15 is 0 Å². The van der Waals surface area contributed by atoms with Gasteiger partial charge in [-0.1, -0.05) is 48.5 Å². The maximum Gasteiger partial charge on any atom is 0.153 e. The summed E-state index contributed by atoms with van der Waals surface area (Å²) in [6.07, 6.45) is 0.0102. The molecule has 146 valence electrons. The molecule has 3 rings (SSSR count). The van der Waals surface area contributed by atoms with E-state index in [9.17, 15) is 9.90 Å². The molecule has 3 aromatic rings. The summed E-state index contributed by atoms with van der Waals surface area (Å²) in [6, 6.07) is 21.9. The van der Waals surface area contributed by atoms with Crippen molar-refractivity contribution in [2.45, 2.75) is 6.10 Å². The molecule has 0 atom stereocenters. The number of para-hydroxylation sites is 3. The Morgan fingerprint density at radius 1 is 0.679 bits per heavy atom. The fraction of sp³-hybridized carbons (Fsp3) is 0.174. The quantitative estimate of drug-likeness (QED) is 0.646. The Balaban J connectivity index is 0.000000237. The van der Waals surface area contributed by atoms with E-state index in [-0.39, 0.29) is 0 Å². The van der Waals surface area contributed by atoms with Crippen LogP contribution in [0.25, 0.3) is 0 Å². The van der Waals surface area contributed by atoms with Crippen molar-refractivity contribution >= 4 is 6.29 Å². The van der Waals surface area contributed by atoms with E-state index in [1.807, 2.05) is 54.6 Å². The molecule has 1 N–H and O–H groups in total. The minimum Gasteiger partial charge on any atom is -0.496 e. The summed E-state index contributed by atoms with van der Waals surface area (Å²) in [5, 5.41) is 10.5. The molecule has 5 heteroatoms. The van der Waals surface area contributed by atoms with E-state index in [4.69, 9.17) is 14.2 Å². The van der Waals surface area contributed by atoms with Crippen LogP contribution >= 0.6 is 0 Å². The maximum absolute atomic E-state index is 10.5. The van der Waals surface area contributed by atoms with Crippen LogP contribution in [-0.2, 0) is 0 Å². The first-order chi connectivity index (χ1) is 13.7. The van der Waals surface area contributed by atoms with Crippen molar-refractivity contribution in [3.63, 3.8) is 0 Å². The van der Waals surface area contributed by atoms with Crippen molar-refractivity contribution < 1.29 is 24.1 Å². The van der Waals surface area contributed by atoms with Crippen LogP contribution in [0.1, 0.15) is 27.6 Å². The molecule has 3 aromatic carbocycles. The van der Waals surface area contributed by atoms with Crippen molar-refractivity contribution in [3.8, 4) is 17.2 Å². The van der Waals surface area contributed by atoms with Crippen LogP contribution in [0.5, 0.6) is 17.2 Å². The zero-order valence-electron chi connectivity index (χ0n) is 16.2. The van der Waals surface area contributed by atoms with Gasteiger partial charge >= 0.3 is 0 Å². The fourth-order valence-electron chi connectivity index (χ4n) is 2.72. The third-order valence-corrected chi connectivity index (χ3v) is 4.13. The molecule has 5 nitrogen and oxygen atoms in total. The SMILES string of the molecule is COc1ccccc1C(O)c1ccccc1OC.COc1ccccc1C=O. The molecule has 0 radical (unpaired) electrons. The third-order valence-electron chi connectivity index (χ3n) is 4.13. The summed E-state index contributed by atoms with van der Waals surface area (Å²) in [7, 11) is 4.73. The molecule has 0 spiro atoms. The molecule has 0 aliphatic heterocycles. The fourth-order valence-corrected chi connectivity index (χ4v) is 2.72. The number of hydrogen-bond acceptors (Lipinski definition) is 5. The molecule has 0 bridgehead atoms. The van der Waals surface area contributed by atoms with Gasteiger partial charge in [0.25, 0.3) is 0 Å². The molecule has 0 saturated heterocycles. The lowest BCUT2D eigenvalue weighted by Crippen LogP contribution is -2.04.